The molecule has 2 rings (SSSR count). The SMILES string of the molecule is CC(C)(C)OC(=O)N1CC(S)CC[C@@H]1C(=N)NOC(=O)C1CC(OC(F)(F)F)C1. The Kier molecular flexibility index (Phi) is 7.31. The lowest BCUT2D eigenvalue weighted by Gasteiger charge is -2.39. The number of rotatable bonds is 3. The first-order valence-electron chi connectivity index (χ1n) is 9.22. The summed E-state index contributed by atoms with van der Waals surface area (Å²) in [6.45, 7) is 5.44. The number of carbonyl (C=O) groups excluding carboxylic acids is 2. The second-order valence-electron chi connectivity index (χ2n) is 8.17. The minimum absolute atomic E-state index is 0.0744. The lowest BCUT2D eigenvalue weighted by molar-refractivity contribution is -0.353. The molecule has 2 fully saturated rings. The molecule has 1 aliphatic heterocycles. The van der Waals surface area contributed by atoms with E-state index in [9.17, 15) is 22.8 Å². The van der Waals surface area contributed by atoms with Crippen LogP contribution in [0.1, 0.15) is 46.5 Å². The summed E-state index contributed by atoms with van der Waals surface area (Å²) < 4.78 is 45.6. The number of piperidine rings is 1. The fourth-order valence-electron chi connectivity index (χ4n) is 3.07. The van der Waals surface area contributed by atoms with Crippen LogP contribution >= 0.6 is 12.6 Å². The Labute approximate surface area is 172 Å². The molecular weight excluding hydrogens is 415 g/mol. The van der Waals surface area contributed by atoms with Crippen molar-refractivity contribution in [2.45, 2.75) is 75.8 Å². The van der Waals surface area contributed by atoms with Crippen LogP contribution in [-0.2, 0) is 19.1 Å². The van der Waals surface area contributed by atoms with Gasteiger partial charge in [0.05, 0.1) is 18.1 Å². The molecule has 12 heteroatoms. The van der Waals surface area contributed by atoms with Crippen molar-refractivity contribution in [1.82, 2.24) is 10.4 Å². The predicted molar refractivity (Wildman–Crippen MR) is 99.3 cm³/mol. The van der Waals surface area contributed by atoms with Crippen molar-refractivity contribution >= 4 is 30.5 Å². The van der Waals surface area contributed by atoms with Gasteiger partial charge in [0.15, 0.2) is 5.84 Å². The molecule has 0 spiro atoms. The summed E-state index contributed by atoms with van der Waals surface area (Å²) >= 11 is 4.39. The Bertz CT molecular complexity index is 635. The fraction of sp³-hybridized carbons (Fsp3) is 0.824. The molecule has 0 aromatic carbocycles. The molecular formula is C17H26F3N3O5S. The van der Waals surface area contributed by atoms with E-state index in [1.165, 1.54) is 4.90 Å². The second kappa shape index (κ2) is 8.99. The highest BCUT2D eigenvalue weighted by Crippen LogP contribution is 2.35. The topological polar surface area (TPSA) is 101 Å². The highest BCUT2D eigenvalue weighted by Gasteiger charge is 2.44. The number of nitrogens with zero attached hydrogens (tertiary/aromatic N) is 1. The van der Waals surface area contributed by atoms with Gasteiger partial charge in [-0.25, -0.2) is 15.1 Å². The smallest absolute Gasteiger partial charge is 0.444 e. The van der Waals surface area contributed by atoms with Gasteiger partial charge in [-0.3, -0.25) is 15.0 Å². The van der Waals surface area contributed by atoms with E-state index >= 15 is 0 Å². The molecule has 1 heterocycles. The number of alkyl halides is 3. The van der Waals surface area contributed by atoms with E-state index in [1.54, 1.807) is 20.8 Å². The number of nitrogens with one attached hydrogen (secondary N) is 2. The van der Waals surface area contributed by atoms with Crippen molar-refractivity contribution in [2.24, 2.45) is 5.92 Å². The minimum atomic E-state index is -4.74. The third kappa shape index (κ3) is 7.25. The highest BCUT2D eigenvalue weighted by atomic mass is 32.1. The number of amides is 1. The zero-order valence-electron chi connectivity index (χ0n) is 16.4. The number of amidine groups is 1. The quantitative estimate of drug-likeness (QED) is 0.269. The number of hydroxylamine groups is 1. The fourth-order valence-corrected chi connectivity index (χ4v) is 3.40. The van der Waals surface area contributed by atoms with Crippen LogP contribution in [0, 0.1) is 11.3 Å². The molecule has 1 saturated heterocycles. The summed E-state index contributed by atoms with van der Waals surface area (Å²) in [5.41, 5.74) is 1.51. The number of hydrogen-bond acceptors (Lipinski definition) is 7. The molecule has 0 aromatic rings. The summed E-state index contributed by atoms with van der Waals surface area (Å²) in [5.74, 6) is -1.73. The average molecular weight is 441 g/mol. The van der Waals surface area contributed by atoms with Crippen LogP contribution < -0.4 is 5.48 Å². The van der Waals surface area contributed by atoms with Crippen LogP contribution in [0.5, 0.6) is 0 Å². The molecule has 0 bridgehead atoms. The number of hydrogen-bond donors (Lipinski definition) is 3. The summed E-state index contributed by atoms with van der Waals surface area (Å²) in [6, 6.07) is -0.691. The Morgan fingerprint density at radius 3 is 2.34 bits per heavy atom. The molecule has 1 saturated carbocycles. The van der Waals surface area contributed by atoms with Gasteiger partial charge >= 0.3 is 18.4 Å². The third-order valence-electron chi connectivity index (χ3n) is 4.51. The largest absolute Gasteiger partial charge is 0.522 e. The highest BCUT2D eigenvalue weighted by molar-refractivity contribution is 7.81. The monoisotopic (exact) mass is 441 g/mol. The number of likely N-dealkylation sites (tertiary alicyclic amines) is 1. The van der Waals surface area contributed by atoms with Crippen LogP contribution in [0.4, 0.5) is 18.0 Å². The average Bonchev–Trinajstić information content (AvgIpc) is 2.52. The van der Waals surface area contributed by atoms with Gasteiger partial charge in [-0.15, -0.1) is 13.2 Å². The summed E-state index contributed by atoms with van der Waals surface area (Å²) in [6.07, 6.45) is -5.57. The van der Waals surface area contributed by atoms with Crippen molar-refractivity contribution < 1.29 is 37.1 Å². The van der Waals surface area contributed by atoms with E-state index in [2.05, 4.69) is 22.8 Å². The lowest BCUT2D eigenvalue weighted by Crippen LogP contribution is -2.55. The van der Waals surface area contributed by atoms with E-state index in [-0.39, 0.29) is 30.5 Å². The van der Waals surface area contributed by atoms with Crippen molar-refractivity contribution in [1.29, 1.82) is 5.41 Å². The minimum Gasteiger partial charge on any atom is -0.444 e. The number of carbonyl (C=O) groups is 2. The van der Waals surface area contributed by atoms with Crippen molar-refractivity contribution in [3.05, 3.63) is 0 Å². The molecule has 2 aliphatic rings. The Morgan fingerprint density at radius 1 is 1.17 bits per heavy atom. The maximum absolute atomic E-state index is 12.5. The standard InChI is InChI=1S/C17H26F3N3O5S/c1-16(2,3)27-15(25)23-8-11(29)4-5-12(23)13(21)22-28-14(24)9-6-10(7-9)26-17(18,19)20/h9-12,29H,4-8H2,1-3H3,(H2,21,22)/t9?,10?,11?,12-/m1/s1. The number of thiol groups is 1. The maximum Gasteiger partial charge on any atom is 0.522 e. The van der Waals surface area contributed by atoms with Crippen molar-refractivity contribution in [3.63, 3.8) is 0 Å². The Hall–Kier alpha value is -1.69. The van der Waals surface area contributed by atoms with Crippen molar-refractivity contribution in [2.75, 3.05) is 6.54 Å². The van der Waals surface area contributed by atoms with E-state index in [4.69, 9.17) is 15.0 Å². The Balaban J connectivity index is 1.85. The van der Waals surface area contributed by atoms with Gasteiger partial charge in [0.1, 0.15) is 5.60 Å². The van der Waals surface area contributed by atoms with Gasteiger partial charge in [-0.05, 0) is 46.5 Å². The van der Waals surface area contributed by atoms with Gasteiger partial charge in [0.25, 0.3) is 0 Å². The number of halogens is 3. The summed E-state index contributed by atoms with van der Waals surface area (Å²) in [7, 11) is 0. The van der Waals surface area contributed by atoms with E-state index < -0.39 is 42.1 Å². The normalized spacial score (nSPS) is 27.6. The lowest BCUT2D eigenvalue weighted by atomic mass is 9.82. The molecule has 8 nitrogen and oxygen atoms in total. The van der Waals surface area contributed by atoms with Gasteiger partial charge in [-0.1, -0.05) is 0 Å². The van der Waals surface area contributed by atoms with E-state index in [1.807, 2.05) is 0 Å². The van der Waals surface area contributed by atoms with Crippen LogP contribution in [0.2, 0.25) is 0 Å². The zero-order chi connectivity index (χ0) is 22.0. The van der Waals surface area contributed by atoms with Gasteiger partial charge in [0.2, 0.25) is 0 Å². The molecule has 0 aromatic heterocycles. The van der Waals surface area contributed by atoms with Gasteiger partial charge in [-0.2, -0.15) is 12.6 Å². The predicted octanol–water partition coefficient (Wildman–Crippen LogP) is 3.02. The van der Waals surface area contributed by atoms with Crippen LogP contribution in [0.15, 0.2) is 0 Å². The van der Waals surface area contributed by atoms with Gasteiger partial charge in [0, 0.05) is 11.8 Å². The van der Waals surface area contributed by atoms with Crippen molar-refractivity contribution in [3.8, 4) is 0 Å². The zero-order valence-corrected chi connectivity index (χ0v) is 17.3. The van der Waals surface area contributed by atoms with Crippen LogP contribution in [0.25, 0.3) is 0 Å². The van der Waals surface area contributed by atoms with E-state index in [0.717, 1.165) is 0 Å². The Morgan fingerprint density at radius 2 is 1.79 bits per heavy atom. The molecule has 1 unspecified atom stereocenters. The van der Waals surface area contributed by atoms with Crippen LogP contribution in [-0.4, -0.2) is 58.7 Å². The van der Waals surface area contributed by atoms with Gasteiger partial charge < -0.3 is 9.57 Å². The second-order valence-corrected chi connectivity index (χ2v) is 8.90. The first-order chi connectivity index (χ1) is 13.2. The molecule has 166 valence electrons. The number of ether oxygens (including phenoxy) is 2. The first-order valence-corrected chi connectivity index (χ1v) is 9.74. The summed E-state index contributed by atoms with van der Waals surface area (Å²) in [4.78, 5) is 30.6. The molecule has 1 aliphatic carbocycles. The summed E-state index contributed by atoms with van der Waals surface area (Å²) in [5, 5.41) is 8.06. The molecule has 1 amide bonds. The molecule has 2 N–H and O–H groups in total. The first kappa shape index (κ1) is 23.6. The van der Waals surface area contributed by atoms with E-state index in [0.29, 0.717) is 12.8 Å². The molecule has 2 atom stereocenters. The third-order valence-corrected chi connectivity index (χ3v) is 4.93. The maximum atomic E-state index is 12.5. The van der Waals surface area contributed by atoms with Crippen LogP contribution in [0.3, 0.4) is 0 Å². The molecule has 0 radical (unpaired) electrons. The molecule has 29 heavy (non-hydrogen) atoms.